The first-order chi connectivity index (χ1) is 9.24. The maximum absolute atomic E-state index is 9.50. The van der Waals surface area contributed by atoms with E-state index in [1.165, 1.54) is 0 Å². The summed E-state index contributed by atoms with van der Waals surface area (Å²) in [6.45, 7) is 4.18. The van der Waals surface area contributed by atoms with E-state index in [0.717, 1.165) is 31.7 Å². The molecule has 1 saturated heterocycles. The highest BCUT2D eigenvalue weighted by Crippen LogP contribution is 2.24. The molecule has 0 amide bonds. The fourth-order valence-corrected chi connectivity index (χ4v) is 2.45. The maximum Gasteiger partial charge on any atom is 0.124 e. The third-order valence-corrected chi connectivity index (χ3v) is 3.50. The van der Waals surface area contributed by atoms with Gasteiger partial charge in [0, 0.05) is 32.7 Å². The van der Waals surface area contributed by atoms with Crippen molar-refractivity contribution in [2.75, 3.05) is 39.3 Å². The van der Waals surface area contributed by atoms with Crippen molar-refractivity contribution >= 4 is 0 Å². The predicted octanol–water partition coefficient (Wildman–Crippen LogP) is 0.567. The number of piperazine rings is 1. The van der Waals surface area contributed by atoms with Crippen molar-refractivity contribution in [1.82, 2.24) is 9.80 Å². The van der Waals surface area contributed by atoms with Gasteiger partial charge in [-0.2, -0.15) is 5.26 Å². The summed E-state index contributed by atoms with van der Waals surface area (Å²) in [5.41, 5.74) is 0.832. The zero-order chi connectivity index (χ0) is 13.7. The fourth-order valence-electron chi connectivity index (χ4n) is 2.45. The molecule has 5 nitrogen and oxygen atoms in total. The minimum Gasteiger partial charge on any atom is -0.508 e. The molecule has 0 saturated carbocycles. The van der Waals surface area contributed by atoms with Crippen LogP contribution in [0, 0.1) is 11.3 Å². The number of aliphatic hydroxyl groups excluding tert-OH is 1. The molecule has 1 aliphatic rings. The Labute approximate surface area is 113 Å². The van der Waals surface area contributed by atoms with Gasteiger partial charge in [0.25, 0.3) is 0 Å². The minimum absolute atomic E-state index is 0.175. The summed E-state index contributed by atoms with van der Waals surface area (Å²) in [4.78, 5) is 4.30. The molecule has 0 bridgehead atoms. The number of β-amino-alcohol motifs (C(OH)–C–C–N with tert-alkyl or cyclic N) is 1. The van der Waals surface area contributed by atoms with E-state index in [0.29, 0.717) is 6.54 Å². The summed E-state index contributed by atoms with van der Waals surface area (Å²) in [5, 5.41) is 27.8. The van der Waals surface area contributed by atoms with Gasteiger partial charge in [0.15, 0.2) is 0 Å². The Morgan fingerprint density at radius 1 is 1.26 bits per heavy atom. The molecule has 1 atom stereocenters. The summed E-state index contributed by atoms with van der Waals surface area (Å²) in [6.07, 6.45) is 0. The van der Waals surface area contributed by atoms with Crippen LogP contribution in [0.25, 0.3) is 0 Å². The van der Waals surface area contributed by atoms with E-state index in [4.69, 9.17) is 5.11 Å². The lowest BCUT2D eigenvalue weighted by Gasteiger charge is -2.36. The molecule has 0 aliphatic carbocycles. The van der Waals surface area contributed by atoms with E-state index >= 15 is 0 Å². The van der Waals surface area contributed by atoms with Crippen LogP contribution in [-0.4, -0.2) is 59.3 Å². The molecular formula is C14H19N3O2. The summed E-state index contributed by atoms with van der Waals surface area (Å²) >= 11 is 0. The van der Waals surface area contributed by atoms with Crippen LogP contribution >= 0.6 is 0 Å². The third-order valence-electron chi connectivity index (χ3n) is 3.50. The van der Waals surface area contributed by atoms with E-state index < -0.39 is 0 Å². The lowest BCUT2D eigenvalue weighted by molar-refractivity contribution is 0.0981. The summed E-state index contributed by atoms with van der Waals surface area (Å²) < 4.78 is 0. The Hall–Kier alpha value is -1.61. The summed E-state index contributed by atoms with van der Waals surface area (Å²) in [5.74, 6) is 0.191. The number of phenolic OH excluding ortho intramolecular Hbond substituents is 1. The van der Waals surface area contributed by atoms with Gasteiger partial charge in [-0.25, -0.2) is 0 Å². The number of aromatic hydroxyl groups is 1. The third kappa shape index (κ3) is 3.44. The first-order valence-electron chi connectivity index (χ1n) is 6.50. The highest BCUT2D eigenvalue weighted by Gasteiger charge is 2.24. The number of hydrogen-bond acceptors (Lipinski definition) is 5. The van der Waals surface area contributed by atoms with Crippen molar-refractivity contribution in [3.8, 4) is 11.8 Å². The normalized spacial score (nSPS) is 18.9. The van der Waals surface area contributed by atoms with Crippen LogP contribution in [0.2, 0.25) is 0 Å². The Morgan fingerprint density at radius 3 is 2.58 bits per heavy atom. The average Bonchev–Trinajstić information content (AvgIpc) is 2.42. The van der Waals surface area contributed by atoms with Crippen molar-refractivity contribution in [3.63, 3.8) is 0 Å². The SMILES string of the molecule is N#CC(c1cccc(O)c1)N1CCN(CCO)CC1. The molecule has 0 aromatic heterocycles. The van der Waals surface area contributed by atoms with Crippen LogP contribution in [-0.2, 0) is 0 Å². The molecule has 2 N–H and O–H groups in total. The molecule has 0 radical (unpaired) electrons. The minimum atomic E-state index is -0.316. The number of aliphatic hydroxyl groups is 1. The molecule has 19 heavy (non-hydrogen) atoms. The molecule has 1 unspecified atom stereocenters. The number of benzene rings is 1. The standard InChI is InChI=1S/C14H19N3O2/c15-11-14(12-2-1-3-13(19)10-12)17-6-4-16(5-7-17)8-9-18/h1-3,10,14,18-19H,4-9H2. The first-order valence-corrected chi connectivity index (χ1v) is 6.50. The second-order valence-electron chi connectivity index (χ2n) is 4.73. The van der Waals surface area contributed by atoms with E-state index in [-0.39, 0.29) is 18.4 Å². The molecule has 102 valence electrons. The quantitative estimate of drug-likeness (QED) is 0.829. The second-order valence-corrected chi connectivity index (χ2v) is 4.73. The van der Waals surface area contributed by atoms with E-state index in [2.05, 4.69) is 15.9 Å². The zero-order valence-corrected chi connectivity index (χ0v) is 10.9. The maximum atomic E-state index is 9.50. The van der Waals surface area contributed by atoms with Crippen LogP contribution in [0.15, 0.2) is 24.3 Å². The van der Waals surface area contributed by atoms with E-state index in [9.17, 15) is 10.4 Å². The molecule has 1 fully saturated rings. The van der Waals surface area contributed by atoms with Gasteiger partial charge in [0.05, 0.1) is 12.7 Å². The number of nitriles is 1. The van der Waals surface area contributed by atoms with Crippen molar-refractivity contribution in [2.24, 2.45) is 0 Å². The van der Waals surface area contributed by atoms with Crippen molar-refractivity contribution in [3.05, 3.63) is 29.8 Å². The fraction of sp³-hybridized carbons (Fsp3) is 0.500. The number of hydrogen-bond donors (Lipinski definition) is 2. The Balaban J connectivity index is 2.02. The average molecular weight is 261 g/mol. The van der Waals surface area contributed by atoms with Crippen LogP contribution in [0.3, 0.4) is 0 Å². The van der Waals surface area contributed by atoms with Gasteiger partial charge in [0.2, 0.25) is 0 Å². The second kappa shape index (κ2) is 6.53. The van der Waals surface area contributed by atoms with Gasteiger partial charge in [-0.3, -0.25) is 9.80 Å². The van der Waals surface area contributed by atoms with Gasteiger partial charge in [-0.1, -0.05) is 12.1 Å². The molecule has 1 aliphatic heterocycles. The topological polar surface area (TPSA) is 70.7 Å². The van der Waals surface area contributed by atoms with Crippen LogP contribution in [0.1, 0.15) is 11.6 Å². The van der Waals surface area contributed by atoms with Gasteiger partial charge >= 0.3 is 0 Å². The molecule has 2 rings (SSSR count). The van der Waals surface area contributed by atoms with E-state index in [1.807, 2.05) is 6.07 Å². The lowest BCUT2D eigenvalue weighted by atomic mass is 10.1. The lowest BCUT2D eigenvalue weighted by Crippen LogP contribution is -2.48. The molecule has 0 spiro atoms. The van der Waals surface area contributed by atoms with Crippen molar-refractivity contribution in [1.29, 1.82) is 5.26 Å². The van der Waals surface area contributed by atoms with Crippen LogP contribution in [0.5, 0.6) is 5.75 Å². The zero-order valence-electron chi connectivity index (χ0n) is 10.9. The van der Waals surface area contributed by atoms with Gasteiger partial charge in [-0.05, 0) is 17.7 Å². The highest BCUT2D eigenvalue weighted by molar-refractivity contribution is 5.32. The first kappa shape index (κ1) is 13.8. The Bertz CT molecular complexity index is 450. The van der Waals surface area contributed by atoms with Crippen molar-refractivity contribution < 1.29 is 10.2 Å². The Morgan fingerprint density at radius 2 is 2.00 bits per heavy atom. The molecular weight excluding hydrogens is 242 g/mol. The van der Waals surface area contributed by atoms with E-state index in [1.54, 1.807) is 18.2 Å². The largest absolute Gasteiger partial charge is 0.508 e. The van der Waals surface area contributed by atoms with Crippen LogP contribution in [0.4, 0.5) is 0 Å². The number of nitrogens with zero attached hydrogens (tertiary/aromatic N) is 3. The predicted molar refractivity (Wildman–Crippen MR) is 71.6 cm³/mol. The monoisotopic (exact) mass is 261 g/mol. The molecule has 1 heterocycles. The number of phenols is 1. The van der Waals surface area contributed by atoms with Crippen molar-refractivity contribution in [2.45, 2.75) is 6.04 Å². The molecule has 1 aromatic carbocycles. The van der Waals surface area contributed by atoms with Gasteiger partial charge in [-0.15, -0.1) is 0 Å². The molecule has 1 aromatic rings. The van der Waals surface area contributed by atoms with Crippen LogP contribution < -0.4 is 0 Å². The number of rotatable bonds is 4. The summed E-state index contributed by atoms with van der Waals surface area (Å²) in [6, 6.07) is 8.88. The smallest absolute Gasteiger partial charge is 0.124 e. The van der Waals surface area contributed by atoms with Gasteiger partial charge in [0.1, 0.15) is 11.8 Å². The summed E-state index contributed by atoms with van der Waals surface area (Å²) in [7, 11) is 0. The highest BCUT2D eigenvalue weighted by atomic mass is 16.3. The molecule has 5 heteroatoms. The Kier molecular flexibility index (Phi) is 4.74. The van der Waals surface area contributed by atoms with Gasteiger partial charge < -0.3 is 10.2 Å².